The Bertz CT molecular complexity index is 185. The predicted octanol–water partition coefficient (Wildman–Crippen LogP) is 2.24. The molecule has 4 nitrogen and oxygen atoms in total. The topological polar surface area (TPSA) is 32.8 Å². The van der Waals surface area contributed by atoms with Crippen molar-refractivity contribution >= 4 is 5.91 Å². The summed E-state index contributed by atoms with van der Waals surface area (Å²) < 4.78 is 5.29. The molecule has 0 N–H and O–H groups in total. The van der Waals surface area contributed by atoms with Gasteiger partial charge in [0.2, 0.25) is 5.91 Å². The van der Waals surface area contributed by atoms with E-state index >= 15 is 0 Å². The molecule has 0 aromatic rings. The number of likely N-dealkylation sites (N-methyl/N-ethyl adjacent to an activating group) is 1. The van der Waals surface area contributed by atoms with Gasteiger partial charge < -0.3 is 14.5 Å². The maximum Gasteiger partial charge on any atom is 0.248 e. The van der Waals surface area contributed by atoms with Crippen LogP contribution in [-0.4, -0.2) is 63.2 Å². The molecule has 0 fully saturated rings. The van der Waals surface area contributed by atoms with Gasteiger partial charge in [-0.25, -0.2) is 0 Å². The third-order valence-electron chi connectivity index (χ3n) is 2.45. The fraction of sp³-hybridized carbons (Fsp3) is 0.929. The molecule has 0 saturated carbocycles. The third-order valence-corrected chi connectivity index (χ3v) is 2.45. The van der Waals surface area contributed by atoms with Crippen molar-refractivity contribution in [3.63, 3.8) is 0 Å². The molecule has 0 saturated heterocycles. The summed E-state index contributed by atoms with van der Waals surface area (Å²) in [5.74, 6) is 0.0272. The molecule has 0 aliphatic heterocycles. The average molecular weight is 260 g/mol. The Balaban J connectivity index is 0. The summed E-state index contributed by atoms with van der Waals surface area (Å²) in [6.45, 7) is 9.24. The van der Waals surface area contributed by atoms with Gasteiger partial charge in [-0.2, -0.15) is 0 Å². The minimum absolute atomic E-state index is 0.0272. The molecule has 0 rings (SSSR count). The van der Waals surface area contributed by atoms with Crippen LogP contribution in [0, 0.1) is 0 Å². The van der Waals surface area contributed by atoms with Crippen LogP contribution in [-0.2, 0) is 9.53 Å². The first-order valence-electron chi connectivity index (χ1n) is 7.04. The summed E-state index contributed by atoms with van der Waals surface area (Å²) in [7, 11) is 5.61. The van der Waals surface area contributed by atoms with E-state index in [-0.39, 0.29) is 12.5 Å². The SMILES string of the molecule is CC.CCCCN(C)CCCOCC(=O)N(C)C. The molecule has 0 heterocycles. The predicted molar refractivity (Wildman–Crippen MR) is 77.9 cm³/mol. The summed E-state index contributed by atoms with van der Waals surface area (Å²) in [6, 6.07) is 0. The van der Waals surface area contributed by atoms with E-state index in [1.54, 1.807) is 19.0 Å². The van der Waals surface area contributed by atoms with Crippen LogP contribution in [0.25, 0.3) is 0 Å². The number of ether oxygens (including phenoxy) is 1. The van der Waals surface area contributed by atoms with Crippen molar-refractivity contribution in [3.05, 3.63) is 0 Å². The highest BCUT2D eigenvalue weighted by Crippen LogP contribution is 1.94. The van der Waals surface area contributed by atoms with Crippen molar-refractivity contribution in [2.45, 2.75) is 40.0 Å². The minimum Gasteiger partial charge on any atom is -0.372 e. The second-order valence-electron chi connectivity index (χ2n) is 4.35. The van der Waals surface area contributed by atoms with Crippen molar-refractivity contribution in [1.82, 2.24) is 9.80 Å². The van der Waals surface area contributed by atoms with Gasteiger partial charge >= 0.3 is 0 Å². The number of rotatable bonds is 9. The Morgan fingerprint density at radius 3 is 2.11 bits per heavy atom. The highest BCUT2D eigenvalue weighted by Gasteiger charge is 2.03. The van der Waals surface area contributed by atoms with Gasteiger partial charge in [-0.1, -0.05) is 27.2 Å². The maximum absolute atomic E-state index is 11.2. The monoisotopic (exact) mass is 260 g/mol. The summed E-state index contributed by atoms with van der Waals surface area (Å²) in [6.07, 6.45) is 3.47. The normalized spacial score (nSPS) is 9.94. The Labute approximate surface area is 113 Å². The van der Waals surface area contributed by atoms with E-state index in [4.69, 9.17) is 4.74 Å². The molecule has 0 aromatic carbocycles. The molecule has 1 amide bonds. The van der Waals surface area contributed by atoms with Crippen LogP contribution in [0.15, 0.2) is 0 Å². The minimum atomic E-state index is 0.0272. The molecule has 0 atom stereocenters. The smallest absolute Gasteiger partial charge is 0.248 e. The molecule has 18 heavy (non-hydrogen) atoms. The Kier molecular flexibility index (Phi) is 15.8. The van der Waals surface area contributed by atoms with Gasteiger partial charge in [0.05, 0.1) is 0 Å². The summed E-state index contributed by atoms with van der Waals surface area (Å²) in [5.41, 5.74) is 0. The first-order valence-corrected chi connectivity index (χ1v) is 7.04. The van der Waals surface area contributed by atoms with E-state index in [1.165, 1.54) is 12.8 Å². The summed E-state index contributed by atoms with van der Waals surface area (Å²) in [4.78, 5) is 15.0. The van der Waals surface area contributed by atoms with Crippen molar-refractivity contribution in [2.24, 2.45) is 0 Å². The second kappa shape index (κ2) is 14.5. The van der Waals surface area contributed by atoms with Gasteiger partial charge in [0.15, 0.2) is 0 Å². The molecule has 0 aromatic heterocycles. The van der Waals surface area contributed by atoms with Crippen molar-refractivity contribution in [2.75, 3.05) is 47.4 Å². The first-order chi connectivity index (χ1) is 8.57. The fourth-order valence-corrected chi connectivity index (χ4v) is 1.26. The van der Waals surface area contributed by atoms with Crippen LogP contribution in [0.2, 0.25) is 0 Å². The van der Waals surface area contributed by atoms with E-state index in [1.807, 2.05) is 13.8 Å². The zero-order valence-corrected chi connectivity index (χ0v) is 13.2. The number of hydrogen-bond donors (Lipinski definition) is 0. The molecule has 0 aliphatic carbocycles. The lowest BCUT2D eigenvalue weighted by molar-refractivity contribution is -0.133. The second-order valence-corrected chi connectivity index (χ2v) is 4.35. The average Bonchev–Trinajstić information content (AvgIpc) is 2.37. The molecule has 0 unspecified atom stereocenters. The first kappa shape index (κ1) is 19.7. The lowest BCUT2D eigenvalue weighted by Gasteiger charge is -2.16. The third kappa shape index (κ3) is 13.5. The van der Waals surface area contributed by atoms with Crippen LogP contribution >= 0.6 is 0 Å². The molecule has 0 spiro atoms. The molecule has 0 aliphatic rings. The Morgan fingerprint density at radius 2 is 1.61 bits per heavy atom. The van der Waals surface area contributed by atoms with E-state index in [0.29, 0.717) is 6.61 Å². The molecule has 110 valence electrons. The van der Waals surface area contributed by atoms with E-state index in [2.05, 4.69) is 18.9 Å². The lowest BCUT2D eigenvalue weighted by Crippen LogP contribution is -2.27. The largest absolute Gasteiger partial charge is 0.372 e. The van der Waals surface area contributed by atoms with Gasteiger partial charge in [-0.3, -0.25) is 4.79 Å². The molecular weight excluding hydrogens is 228 g/mol. The van der Waals surface area contributed by atoms with Gasteiger partial charge in [-0.15, -0.1) is 0 Å². The van der Waals surface area contributed by atoms with Crippen molar-refractivity contribution < 1.29 is 9.53 Å². The lowest BCUT2D eigenvalue weighted by atomic mass is 10.3. The number of unbranched alkanes of at least 4 members (excludes halogenated alkanes) is 1. The number of nitrogens with zero attached hydrogens (tertiary/aromatic N) is 2. The molecule has 0 radical (unpaired) electrons. The maximum atomic E-state index is 11.2. The molecular formula is C14H32N2O2. The van der Waals surface area contributed by atoms with Crippen LogP contribution in [0.1, 0.15) is 40.0 Å². The van der Waals surface area contributed by atoms with Crippen molar-refractivity contribution in [3.8, 4) is 0 Å². The number of amides is 1. The van der Waals surface area contributed by atoms with Crippen LogP contribution in [0.4, 0.5) is 0 Å². The van der Waals surface area contributed by atoms with Crippen LogP contribution < -0.4 is 0 Å². The van der Waals surface area contributed by atoms with Gasteiger partial charge in [0.25, 0.3) is 0 Å². The van der Waals surface area contributed by atoms with Crippen molar-refractivity contribution in [1.29, 1.82) is 0 Å². The fourth-order valence-electron chi connectivity index (χ4n) is 1.26. The molecule has 0 bridgehead atoms. The van der Waals surface area contributed by atoms with Gasteiger partial charge in [0.1, 0.15) is 6.61 Å². The number of hydrogen-bond acceptors (Lipinski definition) is 3. The van der Waals surface area contributed by atoms with Crippen LogP contribution in [0.5, 0.6) is 0 Å². The van der Waals surface area contributed by atoms with Gasteiger partial charge in [0, 0.05) is 27.2 Å². The zero-order chi connectivity index (χ0) is 14.4. The van der Waals surface area contributed by atoms with E-state index < -0.39 is 0 Å². The quantitative estimate of drug-likeness (QED) is 0.596. The zero-order valence-electron chi connectivity index (χ0n) is 13.2. The summed E-state index contributed by atoms with van der Waals surface area (Å²) in [5, 5.41) is 0. The molecule has 4 heteroatoms. The standard InChI is InChI=1S/C12H26N2O2.C2H6/c1-5-6-8-14(4)9-7-10-16-11-12(15)13(2)3;1-2/h5-11H2,1-4H3;1-2H3. The number of carbonyl (C=O) groups excluding carboxylic acids is 1. The number of carbonyl (C=O) groups is 1. The van der Waals surface area contributed by atoms with E-state index in [9.17, 15) is 4.79 Å². The highest BCUT2D eigenvalue weighted by molar-refractivity contribution is 5.76. The van der Waals surface area contributed by atoms with Gasteiger partial charge in [-0.05, 0) is 26.4 Å². The van der Waals surface area contributed by atoms with E-state index in [0.717, 1.165) is 19.5 Å². The Hall–Kier alpha value is -0.610. The Morgan fingerprint density at radius 1 is 1.06 bits per heavy atom. The van der Waals surface area contributed by atoms with Crippen LogP contribution in [0.3, 0.4) is 0 Å². The summed E-state index contributed by atoms with van der Waals surface area (Å²) >= 11 is 0. The highest BCUT2D eigenvalue weighted by atomic mass is 16.5.